The third-order valence-corrected chi connectivity index (χ3v) is 4.55. The van der Waals surface area contributed by atoms with E-state index in [0.717, 1.165) is 10.8 Å². The van der Waals surface area contributed by atoms with Gasteiger partial charge in [0.1, 0.15) is 17.7 Å². The maximum absolute atomic E-state index is 13.4. The summed E-state index contributed by atoms with van der Waals surface area (Å²) < 4.78 is 21.0. The summed E-state index contributed by atoms with van der Waals surface area (Å²) in [4.78, 5) is 0.646. The molecule has 1 atom stereocenters. The second-order valence-corrected chi connectivity index (χ2v) is 6.23. The van der Waals surface area contributed by atoms with Gasteiger partial charge in [0.2, 0.25) is 4.96 Å². The summed E-state index contributed by atoms with van der Waals surface area (Å²) in [7, 11) is 0. The first kappa shape index (κ1) is 14.8. The topological polar surface area (TPSA) is 52.3 Å². The molecule has 5 nitrogen and oxygen atoms in total. The Morgan fingerprint density at radius 3 is 2.71 bits per heavy atom. The number of hydrogen-bond acceptors (Lipinski definition) is 5. The molecule has 0 bridgehead atoms. The molecule has 0 aliphatic carbocycles. The van der Waals surface area contributed by atoms with E-state index in [-0.39, 0.29) is 11.9 Å². The first-order valence-corrected chi connectivity index (χ1v) is 8.22. The molecular formula is C17H13FN4OS. The predicted molar refractivity (Wildman–Crippen MR) is 89.5 cm³/mol. The Kier molecular flexibility index (Phi) is 3.70. The van der Waals surface area contributed by atoms with E-state index in [1.54, 1.807) is 16.6 Å². The smallest absolute Gasteiger partial charge is 0.235 e. The van der Waals surface area contributed by atoms with Gasteiger partial charge in [0, 0.05) is 5.56 Å². The summed E-state index contributed by atoms with van der Waals surface area (Å²) in [6, 6.07) is 15.8. The van der Waals surface area contributed by atoms with Crippen molar-refractivity contribution in [3.8, 4) is 17.1 Å². The van der Waals surface area contributed by atoms with E-state index in [9.17, 15) is 4.39 Å². The lowest BCUT2D eigenvalue weighted by molar-refractivity contribution is 0.225. The van der Waals surface area contributed by atoms with Gasteiger partial charge in [0.25, 0.3) is 0 Å². The fourth-order valence-corrected chi connectivity index (χ4v) is 3.18. The number of para-hydroxylation sites is 1. The van der Waals surface area contributed by atoms with Gasteiger partial charge in [0.05, 0.1) is 0 Å². The second kappa shape index (κ2) is 6.01. The van der Waals surface area contributed by atoms with E-state index in [0.29, 0.717) is 16.3 Å². The molecule has 0 radical (unpaired) electrons. The molecule has 2 aromatic heterocycles. The van der Waals surface area contributed by atoms with Crippen molar-refractivity contribution in [2.75, 3.05) is 0 Å². The van der Waals surface area contributed by atoms with Gasteiger partial charge >= 0.3 is 0 Å². The van der Waals surface area contributed by atoms with Gasteiger partial charge in [0.15, 0.2) is 10.8 Å². The maximum Gasteiger partial charge on any atom is 0.235 e. The Labute approximate surface area is 141 Å². The molecule has 0 saturated heterocycles. The highest BCUT2D eigenvalue weighted by molar-refractivity contribution is 7.16. The van der Waals surface area contributed by atoms with Crippen LogP contribution in [-0.4, -0.2) is 19.8 Å². The van der Waals surface area contributed by atoms with Crippen LogP contribution in [-0.2, 0) is 0 Å². The molecule has 4 aromatic rings. The minimum atomic E-state index is -0.319. The Hall–Kier alpha value is -2.80. The molecule has 1 unspecified atom stereocenters. The van der Waals surface area contributed by atoms with Gasteiger partial charge in [-0.25, -0.2) is 4.39 Å². The number of nitrogens with zero attached hydrogens (tertiary/aromatic N) is 4. The van der Waals surface area contributed by atoms with E-state index in [4.69, 9.17) is 4.74 Å². The van der Waals surface area contributed by atoms with Crippen LogP contribution in [0.5, 0.6) is 5.75 Å². The molecule has 0 spiro atoms. The Morgan fingerprint density at radius 2 is 1.92 bits per heavy atom. The first-order valence-electron chi connectivity index (χ1n) is 7.40. The van der Waals surface area contributed by atoms with Crippen LogP contribution in [0.4, 0.5) is 4.39 Å². The molecule has 2 heterocycles. The molecule has 0 aliphatic rings. The van der Waals surface area contributed by atoms with Gasteiger partial charge in [-0.05, 0) is 31.2 Å². The number of halogens is 1. The van der Waals surface area contributed by atoms with Crippen molar-refractivity contribution in [1.29, 1.82) is 0 Å². The van der Waals surface area contributed by atoms with Crippen LogP contribution in [0.2, 0.25) is 0 Å². The highest BCUT2D eigenvalue weighted by Crippen LogP contribution is 2.27. The zero-order valence-electron chi connectivity index (χ0n) is 12.8. The Bertz CT molecular complexity index is 983. The van der Waals surface area contributed by atoms with Crippen LogP contribution in [0.25, 0.3) is 16.3 Å². The average Bonchev–Trinajstić information content (AvgIpc) is 3.16. The minimum absolute atomic E-state index is 0.223. The van der Waals surface area contributed by atoms with Crippen molar-refractivity contribution in [2.45, 2.75) is 13.0 Å². The number of benzene rings is 2. The highest BCUT2D eigenvalue weighted by Gasteiger charge is 2.18. The maximum atomic E-state index is 13.4. The number of ether oxygens (including phenoxy) is 1. The first-order chi connectivity index (χ1) is 11.7. The molecule has 2 aromatic carbocycles. The highest BCUT2D eigenvalue weighted by atomic mass is 32.1. The lowest BCUT2D eigenvalue weighted by Gasteiger charge is -2.11. The third-order valence-electron chi connectivity index (χ3n) is 3.49. The van der Waals surface area contributed by atoms with Crippen molar-refractivity contribution >= 4 is 16.3 Å². The molecule has 120 valence electrons. The van der Waals surface area contributed by atoms with E-state index in [1.165, 1.54) is 23.5 Å². The molecular weight excluding hydrogens is 327 g/mol. The van der Waals surface area contributed by atoms with Crippen molar-refractivity contribution in [3.63, 3.8) is 0 Å². The summed E-state index contributed by atoms with van der Waals surface area (Å²) in [6.45, 7) is 1.93. The fourth-order valence-electron chi connectivity index (χ4n) is 2.36. The quantitative estimate of drug-likeness (QED) is 0.560. The minimum Gasteiger partial charge on any atom is -0.483 e. The average molecular weight is 340 g/mol. The molecule has 7 heteroatoms. The van der Waals surface area contributed by atoms with Gasteiger partial charge < -0.3 is 4.74 Å². The largest absolute Gasteiger partial charge is 0.483 e. The van der Waals surface area contributed by atoms with Crippen molar-refractivity contribution in [3.05, 3.63) is 65.4 Å². The summed E-state index contributed by atoms with van der Waals surface area (Å²) >= 11 is 1.40. The predicted octanol–water partition coefficient (Wildman–Crippen LogP) is 4.13. The number of aromatic nitrogens is 4. The summed E-state index contributed by atoms with van der Waals surface area (Å²) in [6.07, 6.45) is -0.223. The van der Waals surface area contributed by atoms with Gasteiger partial charge in [-0.15, -0.1) is 10.2 Å². The number of hydrogen-bond donors (Lipinski definition) is 0. The van der Waals surface area contributed by atoms with E-state index < -0.39 is 0 Å². The number of fused-ring (bicyclic) bond motifs is 1. The van der Waals surface area contributed by atoms with Crippen LogP contribution in [0, 0.1) is 5.82 Å². The summed E-state index contributed by atoms with van der Waals surface area (Å²) in [5.74, 6) is 0.973. The standard InChI is InChI=1S/C17H13FN4OS/c1-11(23-14-8-3-2-4-9-14)16-21-22-15(19-20-17(22)24-16)12-6-5-7-13(18)10-12/h2-11H,1H3. The van der Waals surface area contributed by atoms with Crippen LogP contribution in [0.3, 0.4) is 0 Å². The van der Waals surface area contributed by atoms with Crippen molar-refractivity contribution < 1.29 is 9.13 Å². The Balaban J connectivity index is 1.67. The van der Waals surface area contributed by atoms with Crippen LogP contribution < -0.4 is 4.74 Å². The van der Waals surface area contributed by atoms with Crippen LogP contribution in [0.1, 0.15) is 18.0 Å². The normalized spacial score (nSPS) is 12.4. The third kappa shape index (κ3) is 2.74. The van der Waals surface area contributed by atoms with Crippen molar-refractivity contribution in [1.82, 2.24) is 19.8 Å². The van der Waals surface area contributed by atoms with Crippen LogP contribution >= 0.6 is 11.3 Å². The van der Waals surface area contributed by atoms with Gasteiger partial charge in [-0.1, -0.05) is 41.7 Å². The van der Waals surface area contributed by atoms with Gasteiger partial charge in [-0.2, -0.15) is 9.61 Å². The fraction of sp³-hybridized carbons (Fsp3) is 0.118. The summed E-state index contributed by atoms with van der Waals surface area (Å²) in [5, 5.41) is 13.5. The Morgan fingerprint density at radius 1 is 1.08 bits per heavy atom. The molecule has 24 heavy (non-hydrogen) atoms. The zero-order valence-corrected chi connectivity index (χ0v) is 13.6. The van der Waals surface area contributed by atoms with Gasteiger partial charge in [-0.3, -0.25) is 0 Å². The van der Waals surface area contributed by atoms with E-state index >= 15 is 0 Å². The van der Waals surface area contributed by atoms with Crippen molar-refractivity contribution in [2.24, 2.45) is 0 Å². The van der Waals surface area contributed by atoms with E-state index in [1.807, 2.05) is 37.3 Å². The van der Waals surface area contributed by atoms with Crippen LogP contribution in [0.15, 0.2) is 54.6 Å². The zero-order chi connectivity index (χ0) is 16.5. The molecule has 0 aliphatic heterocycles. The molecule has 0 amide bonds. The monoisotopic (exact) mass is 340 g/mol. The molecule has 0 saturated carbocycles. The number of rotatable bonds is 4. The lowest BCUT2D eigenvalue weighted by Crippen LogP contribution is -2.03. The summed E-state index contributed by atoms with van der Waals surface area (Å²) in [5.41, 5.74) is 0.635. The molecule has 0 N–H and O–H groups in total. The molecule has 0 fully saturated rings. The molecule has 4 rings (SSSR count). The SMILES string of the molecule is CC(Oc1ccccc1)c1nn2c(-c3cccc(F)c3)nnc2s1. The lowest BCUT2D eigenvalue weighted by atomic mass is 10.2. The second-order valence-electron chi connectivity index (χ2n) is 5.24. The van der Waals surface area contributed by atoms with E-state index in [2.05, 4.69) is 15.3 Å².